The number of hydrogen-bond acceptors (Lipinski definition) is 8. The summed E-state index contributed by atoms with van der Waals surface area (Å²) in [7, 11) is 1.69. The highest BCUT2D eigenvalue weighted by Crippen LogP contribution is 2.43. The van der Waals surface area contributed by atoms with Crippen LogP contribution < -0.4 is 16.8 Å². The standard InChI is InChI=1S/C38H65F2N7O3/c1-6-11-25(8-3)29-19-27(39)20-43-33(29)32(34(41)42)35(48)44-31-22-45-21-30(40)38(31,16-10-9-13-28(45)12-7-2)47-17-14-26(15-18-47)36(49)46-23-37(4,24-46)50-5/h25-26,28-34H,6-19,21-24,41-42H2,1-5H3,(H,44,48). The van der Waals surface area contributed by atoms with Crippen molar-refractivity contribution in [3.8, 4) is 0 Å². The number of hydrogen-bond donors (Lipinski definition) is 3. The molecule has 6 rings (SSSR count). The number of methoxy groups -OCH3 is 1. The van der Waals surface area contributed by atoms with Crippen molar-refractivity contribution in [3.63, 3.8) is 0 Å². The first-order valence-corrected chi connectivity index (χ1v) is 19.7. The Morgan fingerprint density at radius 3 is 2.44 bits per heavy atom. The average Bonchev–Trinajstić information content (AvgIpc) is 3.19. The maximum absolute atomic E-state index is 17.2. The topological polar surface area (TPSA) is 130 Å². The van der Waals surface area contributed by atoms with E-state index in [1.54, 1.807) is 7.11 Å². The van der Waals surface area contributed by atoms with E-state index < -0.39 is 41.7 Å². The molecule has 0 aromatic rings. The second-order valence-corrected chi connectivity index (χ2v) is 16.3. The molecule has 284 valence electrons. The van der Waals surface area contributed by atoms with E-state index in [-0.39, 0.29) is 47.6 Å². The predicted octanol–water partition coefficient (Wildman–Crippen LogP) is 4.16. The van der Waals surface area contributed by atoms with Gasteiger partial charge in [0, 0.05) is 44.4 Å². The lowest BCUT2D eigenvalue weighted by Gasteiger charge is -2.57. The zero-order chi connectivity index (χ0) is 36.2. The van der Waals surface area contributed by atoms with Crippen LogP contribution >= 0.6 is 0 Å². The molecule has 0 radical (unpaired) electrons. The number of halogens is 2. The molecular weight excluding hydrogens is 640 g/mol. The number of nitrogens with zero attached hydrogens (tertiary/aromatic N) is 4. The van der Waals surface area contributed by atoms with Crippen molar-refractivity contribution in [2.45, 2.75) is 146 Å². The van der Waals surface area contributed by atoms with Crippen LogP contribution in [0.3, 0.4) is 0 Å². The van der Waals surface area contributed by atoms with Crippen LogP contribution in [0, 0.1) is 23.7 Å². The maximum Gasteiger partial charge on any atom is 0.228 e. The second kappa shape index (κ2) is 16.8. The molecule has 2 amide bonds. The highest BCUT2D eigenvalue weighted by molar-refractivity contribution is 5.81. The van der Waals surface area contributed by atoms with Gasteiger partial charge in [-0.15, -0.1) is 0 Å². The number of nitrogens with one attached hydrogen (secondary N) is 1. The molecule has 0 spiro atoms. The number of likely N-dealkylation sites (tertiary alicyclic amines) is 2. The molecule has 0 aromatic heterocycles. The van der Waals surface area contributed by atoms with E-state index in [0.717, 1.165) is 51.4 Å². The number of nitrogens with two attached hydrogens (primary N) is 2. The minimum absolute atomic E-state index is 0.107. The molecule has 6 aliphatic rings. The van der Waals surface area contributed by atoms with Crippen molar-refractivity contribution in [2.75, 3.05) is 46.4 Å². The molecule has 5 N–H and O–H groups in total. The summed E-state index contributed by atoms with van der Waals surface area (Å²) in [6.45, 7) is 11.6. The van der Waals surface area contributed by atoms with Crippen LogP contribution in [0.2, 0.25) is 0 Å². The van der Waals surface area contributed by atoms with E-state index in [4.69, 9.17) is 16.2 Å². The maximum atomic E-state index is 17.2. The SMILES string of the molecule is CCCC(CC)C1CC(F)=C=NC1C(C(=O)NC1CN2CC(F)C1(N1CCC(C(=O)N3CC(C)(OC)C3)CC1)CCCCC2CCC)C(N)N. The van der Waals surface area contributed by atoms with Crippen LogP contribution in [0.15, 0.2) is 10.8 Å². The number of fused-ring (bicyclic) bond motifs is 6. The van der Waals surface area contributed by atoms with Gasteiger partial charge >= 0.3 is 0 Å². The van der Waals surface area contributed by atoms with Crippen LogP contribution in [0.25, 0.3) is 0 Å². The minimum atomic E-state index is -1.19. The van der Waals surface area contributed by atoms with Gasteiger partial charge in [-0.2, -0.15) is 0 Å². The number of alkyl halides is 1. The van der Waals surface area contributed by atoms with Gasteiger partial charge < -0.3 is 26.4 Å². The van der Waals surface area contributed by atoms with Crippen LogP contribution in [0.5, 0.6) is 0 Å². The van der Waals surface area contributed by atoms with Gasteiger partial charge in [-0.25, -0.2) is 13.8 Å². The molecule has 12 heteroatoms. The number of amides is 2. The lowest BCUT2D eigenvalue weighted by atomic mass is 9.72. The van der Waals surface area contributed by atoms with Gasteiger partial charge in [-0.1, -0.05) is 59.3 Å². The molecule has 6 aliphatic heterocycles. The predicted molar refractivity (Wildman–Crippen MR) is 193 cm³/mol. The number of ether oxygens (including phenoxy) is 1. The Balaban J connectivity index is 1.42. The Morgan fingerprint density at radius 1 is 1.10 bits per heavy atom. The van der Waals surface area contributed by atoms with Crippen molar-refractivity contribution in [1.29, 1.82) is 0 Å². The summed E-state index contributed by atoms with van der Waals surface area (Å²) in [4.78, 5) is 38.9. The van der Waals surface area contributed by atoms with E-state index in [2.05, 4.69) is 46.8 Å². The third-order valence-corrected chi connectivity index (χ3v) is 13.1. The number of rotatable bonds is 13. The molecule has 5 saturated heterocycles. The van der Waals surface area contributed by atoms with Gasteiger partial charge in [0.2, 0.25) is 11.8 Å². The third-order valence-electron chi connectivity index (χ3n) is 13.1. The van der Waals surface area contributed by atoms with Gasteiger partial charge in [0.25, 0.3) is 0 Å². The zero-order valence-electron chi connectivity index (χ0n) is 31.3. The van der Waals surface area contributed by atoms with Crippen molar-refractivity contribution < 1.29 is 23.1 Å². The van der Waals surface area contributed by atoms with Crippen LogP contribution in [0.1, 0.15) is 105 Å². The molecule has 10 nitrogen and oxygen atoms in total. The summed E-state index contributed by atoms with van der Waals surface area (Å²) in [5.74, 6) is 0.846. The van der Waals surface area contributed by atoms with Gasteiger partial charge in [0.05, 0.1) is 48.4 Å². The smallest absolute Gasteiger partial charge is 0.228 e. The molecule has 0 aliphatic carbocycles. The van der Waals surface area contributed by atoms with Gasteiger partial charge in [0.1, 0.15) is 6.17 Å². The summed E-state index contributed by atoms with van der Waals surface area (Å²) >= 11 is 0. The number of aliphatic imine (C=N–C) groups is 1. The molecular formula is C38H65F2N7O3. The Bertz CT molecular complexity index is 1230. The fraction of sp³-hybridized carbons (Fsp3) is 0.895. The Labute approximate surface area is 299 Å². The Hall–Kier alpha value is -1.95. The Kier molecular flexibility index (Phi) is 13.2. The highest BCUT2D eigenvalue weighted by atomic mass is 19.1. The number of carbonyl (C=O) groups is 2. The lowest BCUT2D eigenvalue weighted by molar-refractivity contribution is -0.164. The summed E-state index contributed by atoms with van der Waals surface area (Å²) in [5.41, 5.74) is 11.6. The quantitative estimate of drug-likeness (QED) is 0.246. The molecule has 0 aromatic carbocycles. The van der Waals surface area contributed by atoms with Gasteiger partial charge in [-0.05, 0) is 64.0 Å². The van der Waals surface area contributed by atoms with E-state index >= 15 is 4.39 Å². The van der Waals surface area contributed by atoms with E-state index in [0.29, 0.717) is 58.5 Å². The third kappa shape index (κ3) is 8.01. The fourth-order valence-electron chi connectivity index (χ4n) is 10.2. The van der Waals surface area contributed by atoms with E-state index in [1.807, 2.05) is 11.8 Å². The minimum Gasteiger partial charge on any atom is -0.375 e. The number of piperidine rings is 2. The first-order valence-electron chi connectivity index (χ1n) is 19.7. The molecule has 0 saturated carbocycles. The largest absolute Gasteiger partial charge is 0.375 e. The zero-order valence-corrected chi connectivity index (χ0v) is 31.3. The van der Waals surface area contributed by atoms with Crippen molar-refractivity contribution in [2.24, 2.45) is 40.1 Å². The van der Waals surface area contributed by atoms with Crippen LogP contribution in [-0.2, 0) is 14.3 Å². The van der Waals surface area contributed by atoms with Crippen molar-refractivity contribution in [1.82, 2.24) is 20.0 Å². The first-order chi connectivity index (χ1) is 23.9. The molecule has 2 bridgehead atoms. The van der Waals surface area contributed by atoms with Crippen molar-refractivity contribution >= 4 is 17.7 Å². The van der Waals surface area contributed by atoms with Gasteiger partial charge in [-0.3, -0.25) is 19.4 Å². The molecule has 6 heterocycles. The van der Waals surface area contributed by atoms with E-state index in [1.165, 1.54) is 0 Å². The van der Waals surface area contributed by atoms with Crippen LogP contribution in [-0.4, -0.2) is 120 Å². The van der Waals surface area contributed by atoms with E-state index in [9.17, 15) is 14.0 Å². The van der Waals surface area contributed by atoms with Gasteiger partial charge in [0.15, 0.2) is 5.83 Å². The first kappa shape index (κ1) is 39.3. The lowest BCUT2D eigenvalue weighted by Crippen LogP contribution is -2.76. The van der Waals surface area contributed by atoms with Crippen molar-refractivity contribution in [3.05, 3.63) is 5.83 Å². The fourth-order valence-corrected chi connectivity index (χ4v) is 10.2. The van der Waals surface area contributed by atoms with Crippen LogP contribution in [0.4, 0.5) is 8.78 Å². The molecule has 5 fully saturated rings. The number of allylic oxidation sites excluding steroid dienone is 1. The summed E-state index contributed by atoms with van der Waals surface area (Å²) in [6.07, 6.45) is 7.37. The monoisotopic (exact) mass is 706 g/mol. The normalized spacial score (nSPS) is 34.7. The summed E-state index contributed by atoms with van der Waals surface area (Å²) in [5, 5.41) is 3.36. The number of carbonyl (C=O) groups excluding carboxylic acids is 2. The Morgan fingerprint density at radius 2 is 1.82 bits per heavy atom. The molecule has 9 atom stereocenters. The molecule has 50 heavy (non-hydrogen) atoms. The second-order valence-electron chi connectivity index (χ2n) is 16.3. The highest BCUT2D eigenvalue weighted by Gasteiger charge is 2.57. The summed E-state index contributed by atoms with van der Waals surface area (Å²) < 4.78 is 37.5. The summed E-state index contributed by atoms with van der Waals surface area (Å²) in [6, 6.07) is -0.884. The average molecular weight is 706 g/mol. The molecule has 9 unspecified atom stereocenters.